The maximum Gasteiger partial charge on any atom is 0.323 e. The number of carbonyl (C=O) groups is 1. The van der Waals surface area contributed by atoms with Crippen LogP contribution in [0.2, 0.25) is 10.0 Å². The Kier molecular flexibility index (Phi) is 4.99. The molecule has 0 spiro atoms. The minimum atomic E-state index is -0.395. The Bertz CT molecular complexity index is 744. The molecule has 1 aliphatic heterocycles. The monoisotopic (exact) mass is 370 g/mol. The van der Waals surface area contributed by atoms with Gasteiger partial charge in [-0.25, -0.2) is 9.18 Å². The third-order valence-corrected chi connectivity index (χ3v) is 5.55. The van der Waals surface area contributed by atoms with E-state index in [2.05, 4.69) is 5.32 Å². The van der Waals surface area contributed by atoms with Gasteiger partial charge in [-0.05, 0) is 24.3 Å². The first-order valence-corrected chi connectivity index (χ1v) is 8.75. The summed E-state index contributed by atoms with van der Waals surface area (Å²) in [6.45, 7) is 0.583. The Morgan fingerprint density at radius 2 is 2.04 bits per heavy atom. The minimum absolute atomic E-state index is 0.213. The summed E-state index contributed by atoms with van der Waals surface area (Å²) in [7, 11) is 0. The lowest BCUT2D eigenvalue weighted by molar-refractivity contribution is 0.214. The van der Waals surface area contributed by atoms with Gasteiger partial charge >= 0.3 is 6.03 Å². The summed E-state index contributed by atoms with van der Waals surface area (Å²) in [5.74, 6) is 0.400. The van der Waals surface area contributed by atoms with Crippen LogP contribution in [-0.2, 0) is 0 Å². The van der Waals surface area contributed by atoms with Gasteiger partial charge in [0.1, 0.15) is 11.2 Å². The number of anilines is 1. The smallest absolute Gasteiger partial charge is 0.308 e. The summed E-state index contributed by atoms with van der Waals surface area (Å²) in [4.78, 5) is 14.2. The van der Waals surface area contributed by atoms with Crippen molar-refractivity contribution in [3.05, 3.63) is 63.9 Å². The van der Waals surface area contributed by atoms with Crippen LogP contribution in [0.5, 0.6) is 0 Å². The summed E-state index contributed by atoms with van der Waals surface area (Å²) in [5, 5.41) is 3.42. The van der Waals surface area contributed by atoms with Crippen LogP contribution < -0.4 is 5.32 Å². The van der Waals surface area contributed by atoms with Gasteiger partial charge in [0.15, 0.2) is 0 Å². The number of halogens is 3. The summed E-state index contributed by atoms with van der Waals surface area (Å²) in [6.07, 6.45) is 0. The fraction of sp³-hybridized carbons (Fsp3) is 0.188. The van der Waals surface area contributed by atoms with E-state index >= 15 is 0 Å². The average molecular weight is 371 g/mol. The van der Waals surface area contributed by atoms with Crippen LogP contribution in [0.15, 0.2) is 42.5 Å². The molecule has 1 N–H and O–H groups in total. The third-order valence-electron chi connectivity index (χ3n) is 3.48. The van der Waals surface area contributed by atoms with E-state index in [9.17, 15) is 9.18 Å². The Balaban J connectivity index is 1.81. The molecular formula is C16H13Cl2FN2OS. The van der Waals surface area contributed by atoms with E-state index in [4.69, 9.17) is 23.2 Å². The van der Waals surface area contributed by atoms with E-state index in [0.717, 1.165) is 11.3 Å². The van der Waals surface area contributed by atoms with Crippen LogP contribution in [0.4, 0.5) is 14.9 Å². The zero-order valence-electron chi connectivity index (χ0n) is 11.9. The Morgan fingerprint density at radius 3 is 2.83 bits per heavy atom. The highest BCUT2D eigenvalue weighted by Crippen LogP contribution is 2.42. The number of hydrogen-bond donors (Lipinski definition) is 1. The molecule has 0 saturated carbocycles. The fourth-order valence-corrected chi connectivity index (χ4v) is 4.17. The molecule has 7 heteroatoms. The fourth-order valence-electron chi connectivity index (χ4n) is 2.41. The molecule has 0 radical (unpaired) electrons. The van der Waals surface area contributed by atoms with E-state index in [0.29, 0.717) is 22.3 Å². The zero-order chi connectivity index (χ0) is 16.4. The molecule has 3 rings (SSSR count). The van der Waals surface area contributed by atoms with Crippen LogP contribution in [0.3, 0.4) is 0 Å². The largest absolute Gasteiger partial charge is 0.323 e. The summed E-state index contributed by atoms with van der Waals surface area (Å²) in [5.41, 5.74) is 1.22. The molecule has 1 heterocycles. The topological polar surface area (TPSA) is 32.3 Å². The molecule has 2 amide bonds. The standard InChI is InChI=1S/C16H13Cl2FN2OS/c17-13-6-2-5-12(14(13)18)15-21(7-8-23-15)16(22)20-11-4-1-3-10(19)9-11/h1-6,9,15H,7-8H2,(H,20,22)/t15-/m0/s1. The first-order chi connectivity index (χ1) is 11.1. The van der Waals surface area contributed by atoms with Crippen molar-refractivity contribution >= 4 is 46.7 Å². The maximum absolute atomic E-state index is 13.2. The molecule has 0 unspecified atom stereocenters. The van der Waals surface area contributed by atoms with Crippen LogP contribution >= 0.6 is 35.0 Å². The van der Waals surface area contributed by atoms with Gasteiger partial charge in [-0.3, -0.25) is 0 Å². The summed E-state index contributed by atoms with van der Waals surface area (Å²) >= 11 is 14.0. The highest BCUT2D eigenvalue weighted by Gasteiger charge is 2.32. The lowest BCUT2D eigenvalue weighted by atomic mass is 10.2. The van der Waals surface area contributed by atoms with E-state index < -0.39 is 5.82 Å². The molecule has 2 aromatic carbocycles. The quantitative estimate of drug-likeness (QED) is 0.765. The first kappa shape index (κ1) is 16.4. The molecule has 0 bridgehead atoms. The molecule has 120 valence electrons. The molecule has 0 aromatic heterocycles. The molecule has 1 saturated heterocycles. The van der Waals surface area contributed by atoms with Crippen molar-refractivity contribution in [2.24, 2.45) is 0 Å². The predicted molar refractivity (Wildman–Crippen MR) is 93.8 cm³/mol. The second-order valence-corrected chi connectivity index (χ2v) is 6.97. The highest BCUT2D eigenvalue weighted by molar-refractivity contribution is 7.99. The van der Waals surface area contributed by atoms with Gasteiger partial charge in [-0.15, -0.1) is 11.8 Å². The predicted octanol–water partition coefficient (Wildman–Crippen LogP) is 5.41. The molecule has 1 aliphatic rings. The second-order valence-electron chi connectivity index (χ2n) is 5.00. The maximum atomic E-state index is 13.2. The van der Waals surface area contributed by atoms with Crippen LogP contribution in [0.25, 0.3) is 0 Å². The summed E-state index contributed by atoms with van der Waals surface area (Å²) in [6, 6.07) is 10.9. The number of benzene rings is 2. The van der Waals surface area contributed by atoms with Crippen molar-refractivity contribution < 1.29 is 9.18 Å². The van der Waals surface area contributed by atoms with Crippen LogP contribution in [0.1, 0.15) is 10.9 Å². The third kappa shape index (κ3) is 3.57. The normalized spacial score (nSPS) is 17.3. The molecule has 2 aromatic rings. The van der Waals surface area contributed by atoms with E-state index in [1.807, 2.05) is 12.1 Å². The van der Waals surface area contributed by atoms with Gasteiger partial charge in [0, 0.05) is 23.5 Å². The van der Waals surface area contributed by atoms with Crippen molar-refractivity contribution in [1.82, 2.24) is 4.90 Å². The number of nitrogens with zero attached hydrogens (tertiary/aromatic N) is 1. The van der Waals surface area contributed by atoms with Crippen molar-refractivity contribution in [1.29, 1.82) is 0 Å². The molecule has 1 atom stereocenters. The number of amides is 2. The number of urea groups is 1. The molecule has 3 nitrogen and oxygen atoms in total. The summed E-state index contributed by atoms with van der Waals surface area (Å²) < 4.78 is 13.2. The lowest BCUT2D eigenvalue weighted by Gasteiger charge is -2.25. The van der Waals surface area contributed by atoms with Crippen molar-refractivity contribution in [3.8, 4) is 0 Å². The number of thioether (sulfide) groups is 1. The van der Waals surface area contributed by atoms with E-state index in [-0.39, 0.29) is 11.4 Å². The van der Waals surface area contributed by atoms with Crippen molar-refractivity contribution in [2.75, 3.05) is 17.6 Å². The van der Waals surface area contributed by atoms with Gasteiger partial charge in [-0.1, -0.05) is 41.4 Å². The van der Waals surface area contributed by atoms with Gasteiger partial charge in [0.2, 0.25) is 0 Å². The van der Waals surface area contributed by atoms with E-state index in [1.54, 1.807) is 34.9 Å². The average Bonchev–Trinajstić information content (AvgIpc) is 2.99. The van der Waals surface area contributed by atoms with Crippen molar-refractivity contribution in [2.45, 2.75) is 5.37 Å². The Morgan fingerprint density at radius 1 is 1.26 bits per heavy atom. The highest BCUT2D eigenvalue weighted by atomic mass is 35.5. The molecule has 0 aliphatic carbocycles. The van der Waals surface area contributed by atoms with Gasteiger partial charge < -0.3 is 10.2 Å². The molecule has 1 fully saturated rings. The van der Waals surface area contributed by atoms with Crippen LogP contribution in [0, 0.1) is 5.82 Å². The SMILES string of the molecule is O=C(Nc1cccc(F)c1)N1CCS[C@H]1c1cccc(Cl)c1Cl. The number of hydrogen-bond acceptors (Lipinski definition) is 2. The molecule has 23 heavy (non-hydrogen) atoms. The van der Waals surface area contributed by atoms with E-state index in [1.165, 1.54) is 12.1 Å². The zero-order valence-corrected chi connectivity index (χ0v) is 14.3. The van der Waals surface area contributed by atoms with Gasteiger partial charge in [0.05, 0.1) is 10.0 Å². The first-order valence-electron chi connectivity index (χ1n) is 6.95. The van der Waals surface area contributed by atoms with Crippen LogP contribution in [-0.4, -0.2) is 23.2 Å². The van der Waals surface area contributed by atoms with Gasteiger partial charge in [0.25, 0.3) is 0 Å². The number of nitrogens with one attached hydrogen (secondary N) is 1. The number of rotatable bonds is 2. The molecular weight excluding hydrogens is 358 g/mol. The lowest BCUT2D eigenvalue weighted by Crippen LogP contribution is -2.34. The second kappa shape index (κ2) is 6.99. The van der Waals surface area contributed by atoms with Crippen molar-refractivity contribution in [3.63, 3.8) is 0 Å². The Hall–Kier alpha value is -1.43. The van der Waals surface area contributed by atoms with Gasteiger partial charge in [-0.2, -0.15) is 0 Å². The number of carbonyl (C=O) groups excluding carboxylic acids is 1. The Labute approximate surface area is 147 Å². The minimum Gasteiger partial charge on any atom is -0.308 e.